The van der Waals surface area contributed by atoms with E-state index in [0.717, 1.165) is 61.8 Å². The molecule has 0 amide bonds. The van der Waals surface area contributed by atoms with Crippen LogP contribution in [0, 0.1) is 6.92 Å². The van der Waals surface area contributed by atoms with Crippen molar-refractivity contribution >= 4 is 50.5 Å². The van der Waals surface area contributed by atoms with Gasteiger partial charge in [-0.25, -0.2) is 13.4 Å². The second-order valence-electron chi connectivity index (χ2n) is 13.1. The second-order valence-corrected chi connectivity index (χ2v) is 19.3. The molecule has 8 heteroatoms. The Labute approximate surface area is 278 Å². The zero-order chi connectivity index (χ0) is 33.4. The van der Waals surface area contributed by atoms with E-state index >= 15 is 0 Å². The summed E-state index contributed by atoms with van der Waals surface area (Å²) in [7, 11) is -6.50. The van der Waals surface area contributed by atoms with Gasteiger partial charge < -0.3 is 14.5 Å². The predicted octanol–water partition coefficient (Wildman–Crippen LogP) is 7.57. The van der Waals surface area contributed by atoms with Crippen LogP contribution in [-0.4, -0.2) is 43.4 Å². The van der Waals surface area contributed by atoms with Crippen LogP contribution in [0.4, 0.5) is 0 Å². The number of H-pyrrole nitrogens is 1. The van der Waals surface area contributed by atoms with Crippen LogP contribution in [-0.2, 0) is 9.84 Å². The Morgan fingerprint density at radius 2 is 1.57 bits per heavy atom. The maximum Gasteiger partial charge on any atom is 0.258 e. The van der Waals surface area contributed by atoms with Crippen LogP contribution in [0.1, 0.15) is 46.1 Å². The van der Waals surface area contributed by atoms with Gasteiger partial charge in [0.25, 0.3) is 8.32 Å². The molecule has 6 rings (SSSR count). The summed E-state index contributed by atoms with van der Waals surface area (Å²) in [4.78, 5) is 21.1. The van der Waals surface area contributed by atoms with Gasteiger partial charge in [-0.3, -0.25) is 0 Å². The summed E-state index contributed by atoms with van der Waals surface area (Å²) in [6, 6.07) is 33.4. The van der Waals surface area contributed by atoms with Gasteiger partial charge in [0.15, 0.2) is 9.84 Å². The first-order chi connectivity index (χ1) is 22.4. The zero-order valence-electron chi connectivity index (χ0n) is 27.6. The van der Waals surface area contributed by atoms with Crippen molar-refractivity contribution in [1.29, 1.82) is 0 Å². The summed E-state index contributed by atoms with van der Waals surface area (Å²) < 4.78 is 32.1. The van der Waals surface area contributed by atoms with Crippen LogP contribution in [0.25, 0.3) is 33.1 Å². The van der Waals surface area contributed by atoms with E-state index in [9.17, 15) is 13.2 Å². The summed E-state index contributed by atoms with van der Waals surface area (Å²) in [5, 5.41) is 3.51. The topological polar surface area (TPSA) is 92.3 Å². The first-order valence-electron chi connectivity index (χ1n) is 16.2. The lowest BCUT2D eigenvalue weighted by Gasteiger charge is -2.41. The Kier molecular flexibility index (Phi) is 8.87. The molecule has 0 aliphatic rings. The van der Waals surface area contributed by atoms with Crippen molar-refractivity contribution in [1.82, 2.24) is 9.97 Å². The molecule has 6 nitrogen and oxygen atoms in total. The van der Waals surface area contributed by atoms with Crippen molar-refractivity contribution in [3.05, 3.63) is 115 Å². The number of hydrogen-bond acceptors (Lipinski definition) is 5. The fourth-order valence-corrected chi connectivity index (χ4v) is 11.3. The van der Waals surface area contributed by atoms with Gasteiger partial charge in [0.1, 0.15) is 11.4 Å². The van der Waals surface area contributed by atoms with Crippen molar-refractivity contribution in [2.75, 3.05) is 5.75 Å². The second kappa shape index (κ2) is 12.8. The fourth-order valence-electron chi connectivity index (χ4n) is 6.66. The lowest BCUT2D eigenvalue weighted by Crippen LogP contribution is -2.65. The quantitative estimate of drug-likeness (QED) is 0.140. The van der Waals surface area contributed by atoms with E-state index in [1.807, 2.05) is 67.7 Å². The molecule has 0 bridgehead atoms. The minimum absolute atomic E-state index is 0.0418. The van der Waals surface area contributed by atoms with Crippen LogP contribution >= 0.6 is 0 Å². The Bertz CT molecular complexity index is 2110. The first kappa shape index (κ1) is 32.7. The van der Waals surface area contributed by atoms with Gasteiger partial charge in [-0.05, 0) is 89.1 Å². The number of pyridine rings is 1. The Morgan fingerprint density at radius 1 is 0.915 bits per heavy atom. The van der Waals surface area contributed by atoms with E-state index in [-0.39, 0.29) is 16.9 Å². The van der Waals surface area contributed by atoms with Gasteiger partial charge in [-0.2, -0.15) is 0 Å². The molecule has 4 aromatic carbocycles. The third-order valence-electron chi connectivity index (χ3n) is 9.46. The molecule has 0 fully saturated rings. The van der Waals surface area contributed by atoms with Crippen molar-refractivity contribution in [2.45, 2.75) is 63.5 Å². The Balaban J connectivity index is 1.34. The summed E-state index contributed by atoms with van der Waals surface area (Å²) in [6.07, 6.45) is 3.18. The molecule has 0 aliphatic heterocycles. The van der Waals surface area contributed by atoms with Crippen molar-refractivity contribution in [3.63, 3.8) is 0 Å². The number of aryl methyl sites for hydroxylation is 1. The minimum Gasteiger partial charge on any atom is -0.489 e. The average Bonchev–Trinajstić information content (AvgIpc) is 3.47. The Morgan fingerprint density at radius 3 is 2.21 bits per heavy atom. The summed E-state index contributed by atoms with van der Waals surface area (Å²) >= 11 is 0. The lowest BCUT2D eigenvalue weighted by atomic mass is 9.99. The number of fused-ring (bicyclic) bond motifs is 3. The highest BCUT2D eigenvalue weighted by molar-refractivity contribution is 7.91. The van der Waals surface area contributed by atoms with Gasteiger partial charge in [0, 0.05) is 17.0 Å². The minimum atomic E-state index is -3.37. The van der Waals surface area contributed by atoms with Crippen molar-refractivity contribution < 1.29 is 18.0 Å². The molecular weight excluding hydrogens is 621 g/mol. The van der Waals surface area contributed by atoms with Crippen molar-refractivity contribution in [2.24, 2.45) is 0 Å². The molecule has 0 saturated carbocycles. The molecule has 0 spiro atoms. The van der Waals surface area contributed by atoms with Crippen LogP contribution in [0.2, 0.25) is 5.04 Å². The normalized spacial score (nSPS) is 13.2. The standard InChI is InChI=1S/C39H42N2O4SSi/c1-6-46(42,43)30-15-13-14-29(25-30)33-20-21-35(37-36(33)34-24-27(2)26-40-38(34)41-37)45-28(3)22-23-39(4,5)47(44,31-16-9-7-10-17-31)32-18-11-8-12-19-32/h7-21,24-26,28,44H,6,22-23H2,1-5H3,(H,40,41)/t28-/m1/s1. The average molecular weight is 663 g/mol. The van der Waals surface area contributed by atoms with E-state index in [1.54, 1.807) is 25.1 Å². The SMILES string of the molecule is CCS(=O)(=O)c1cccc(-c2ccc(O[C@H](C)CCC(C)(C)[Si](O)(c3ccccc3)c3ccccc3)c3[nH]c4ncc(C)cc4c23)c1. The molecule has 242 valence electrons. The van der Waals surface area contributed by atoms with Gasteiger partial charge in [0.2, 0.25) is 0 Å². The molecule has 0 unspecified atom stereocenters. The maximum atomic E-state index is 12.7. The summed E-state index contributed by atoms with van der Waals surface area (Å²) in [5.74, 6) is 0.751. The van der Waals surface area contributed by atoms with Crippen LogP contribution in [0.15, 0.2) is 114 Å². The highest BCUT2D eigenvalue weighted by Crippen LogP contribution is 2.42. The number of ether oxygens (including phenoxy) is 1. The summed E-state index contributed by atoms with van der Waals surface area (Å²) in [6.45, 7) is 10.1. The first-order valence-corrected chi connectivity index (χ1v) is 19.8. The van der Waals surface area contributed by atoms with Crippen LogP contribution in [0.3, 0.4) is 0 Å². The third kappa shape index (κ3) is 6.13. The van der Waals surface area contributed by atoms with Gasteiger partial charge >= 0.3 is 0 Å². The molecule has 0 aliphatic carbocycles. The van der Waals surface area contributed by atoms with E-state index in [0.29, 0.717) is 10.6 Å². The number of benzene rings is 4. The molecule has 6 aromatic rings. The molecule has 0 saturated heterocycles. The number of aromatic amines is 1. The highest BCUT2D eigenvalue weighted by Gasteiger charge is 2.49. The molecule has 2 N–H and O–H groups in total. The zero-order valence-corrected chi connectivity index (χ0v) is 29.4. The van der Waals surface area contributed by atoms with E-state index in [1.165, 1.54) is 0 Å². The largest absolute Gasteiger partial charge is 0.489 e. The van der Waals surface area contributed by atoms with Crippen molar-refractivity contribution in [3.8, 4) is 16.9 Å². The maximum absolute atomic E-state index is 12.7. The van der Waals surface area contributed by atoms with Gasteiger partial charge in [0.05, 0.1) is 22.3 Å². The number of sulfone groups is 1. The molecule has 2 heterocycles. The summed E-state index contributed by atoms with van der Waals surface area (Å²) in [5.41, 5.74) is 4.33. The van der Waals surface area contributed by atoms with Crippen LogP contribution < -0.4 is 15.1 Å². The fraction of sp³-hybridized carbons (Fsp3) is 0.256. The number of hydrogen-bond donors (Lipinski definition) is 2. The highest BCUT2D eigenvalue weighted by atomic mass is 32.2. The molecule has 0 radical (unpaired) electrons. The predicted molar refractivity (Wildman–Crippen MR) is 195 cm³/mol. The monoisotopic (exact) mass is 662 g/mol. The van der Waals surface area contributed by atoms with Gasteiger partial charge in [-0.15, -0.1) is 0 Å². The van der Waals surface area contributed by atoms with E-state index in [2.05, 4.69) is 61.1 Å². The lowest BCUT2D eigenvalue weighted by molar-refractivity contribution is 0.203. The Hall–Kier alpha value is -4.24. The molecular formula is C39H42N2O4SSi. The molecule has 2 aromatic heterocycles. The van der Waals surface area contributed by atoms with Gasteiger partial charge in [-0.1, -0.05) is 93.6 Å². The number of aromatic nitrogens is 2. The van der Waals surface area contributed by atoms with E-state index in [4.69, 9.17) is 4.74 Å². The number of rotatable bonds is 11. The third-order valence-corrected chi connectivity index (χ3v) is 15.7. The number of nitrogens with zero attached hydrogens (tertiary/aromatic N) is 1. The number of nitrogens with one attached hydrogen (secondary N) is 1. The van der Waals surface area contributed by atoms with Crippen LogP contribution in [0.5, 0.6) is 5.75 Å². The molecule has 47 heavy (non-hydrogen) atoms. The smallest absolute Gasteiger partial charge is 0.258 e. The van der Waals surface area contributed by atoms with E-state index < -0.39 is 18.2 Å². The molecule has 1 atom stereocenters.